The lowest BCUT2D eigenvalue weighted by molar-refractivity contribution is 1.38. The van der Waals surface area contributed by atoms with Gasteiger partial charge in [0.2, 0.25) is 0 Å². The summed E-state index contributed by atoms with van der Waals surface area (Å²) in [5.74, 6) is 0. The minimum absolute atomic E-state index is 0.840. The van der Waals surface area contributed by atoms with Gasteiger partial charge in [-0.1, -0.05) is 0 Å². The molecule has 0 aliphatic heterocycles. The van der Waals surface area contributed by atoms with Crippen molar-refractivity contribution in [2.45, 2.75) is 13.8 Å². The quantitative estimate of drug-likeness (QED) is 0.538. The zero-order valence-electron chi connectivity index (χ0n) is 5.43. The first-order chi connectivity index (χ1) is 4.25. The Hall–Kier alpha value is -0.810. The first-order valence-electron chi connectivity index (χ1n) is 2.70. The van der Waals surface area contributed by atoms with Gasteiger partial charge in [-0.3, -0.25) is 0 Å². The predicted octanol–water partition coefficient (Wildman–Crippen LogP) is 2.24. The van der Waals surface area contributed by atoms with E-state index in [1.807, 2.05) is 19.2 Å². The Balaban J connectivity index is 3.24. The number of aryl methyl sites for hydroxylation is 1. The summed E-state index contributed by atoms with van der Waals surface area (Å²) in [6, 6.07) is 2.13. The lowest BCUT2D eigenvalue weighted by Gasteiger charge is -1.84. The molecule has 1 rings (SSSR count). The van der Waals surface area contributed by atoms with Crippen molar-refractivity contribution in [2.75, 3.05) is 0 Å². The van der Waals surface area contributed by atoms with Crippen molar-refractivity contribution in [3.8, 4) is 6.07 Å². The van der Waals surface area contributed by atoms with E-state index in [1.165, 1.54) is 16.9 Å². The van der Waals surface area contributed by atoms with Crippen molar-refractivity contribution in [1.82, 2.24) is 0 Å². The summed E-state index contributed by atoms with van der Waals surface area (Å²) in [4.78, 5) is 0.840. The maximum atomic E-state index is 8.49. The fourth-order valence-electron chi connectivity index (χ4n) is 0.613. The van der Waals surface area contributed by atoms with E-state index < -0.39 is 0 Å². The number of rotatable bonds is 0. The average Bonchev–Trinajstić information content (AvgIpc) is 2.15. The van der Waals surface area contributed by atoms with E-state index in [-0.39, 0.29) is 0 Å². The van der Waals surface area contributed by atoms with Gasteiger partial charge in [0.05, 0.1) is 0 Å². The van der Waals surface area contributed by atoms with E-state index in [9.17, 15) is 0 Å². The monoisotopic (exact) mass is 137 g/mol. The second-order valence-electron chi connectivity index (χ2n) is 1.98. The van der Waals surface area contributed by atoms with E-state index >= 15 is 0 Å². The minimum Gasteiger partial charge on any atom is -0.192 e. The van der Waals surface area contributed by atoms with Crippen molar-refractivity contribution in [3.63, 3.8) is 0 Å². The Labute approximate surface area is 58.6 Å². The molecule has 0 aliphatic carbocycles. The maximum Gasteiger partial charge on any atom is 0.110 e. The van der Waals surface area contributed by atoms with E-state index in [1.54, 1.807) is 0 Å². The maximum absolute atomic E-state index is 8.49. The van der Waals surface area contributed by atoms with Gasteiger partial charge in [-0.25, -0.2) is 0 Å². The van der Waals surface area contributed by atoms with Crippen LogP contribution in [0.4, 0.5) is 0 Å². The molecule has 2 heteroatoms. The molecule has 0 radical (unpaired) electrons. The topological polar surface area (TPSA) is 23.8 Å². The van der Waals surface area contributed by atoms with Crippen LogP contribution in [-0.2, 0) is 0 Å². The van der Waals surface area contributed by atoms with Crippen molar-refractivity contribution in [3.05, 3.63) is 21.4 Å². The molecule has 1 aromatic rings. The summed E-state index contributed by atoms with van der Waals surface area (Å²) in [6.45, 7) is 4.00. The molecular weight excluding hydrogens is 130 g/mol. The third kappa shape index (κ3) is 0.962. The summed E-state index contributed by atoms with van der Waals surface area (Å²) < 4.78 is 0. The summed E-state index contributed by atoms with van der Waals surface area (Å²) in [5, 5.41) is 10.5. The molecule has 0 fully saturated rings. The number of thiophene rings is 1. The molecule has 0 amide bonds. The van der Waals surface area contributed by atoms with Crippen LogP contribution in [-0.4, -0.2) is 0 Å². The third-order valence-electron chi connectivity index (χ3n) is 1.39. The molecule has 0 spiro atoms. The van der Waals surface area contributed by atoms with E-state index in [4.69, 9.17) is 5.26 Å². The Morgan fingerprint density at radius 1 is 1.56 bits per heavy atom. The first-order valence-corrected chi connectivity index (χ1v) is 3.58. The zero-order valence-corrected chi connectivity index (χ0v) is 6.25. The molecule has 0 saturated carbocycles. The van der Waals surface area contributed by atoms with Crippen molar-refractivity contribution < 1.29 is 0 Å². The molecule has 0 N–H and O–H groups in total. The van der Waals surface area contributed by atoms with Gasteiger partial charge in [-0.15, -0.1) is 11.3 Å². The van der Waals surface area contributed by atoms with Crippen molar-refractivity contribution >= 4 is 11.3 Å². The minimum atomic E-state index is 0.840. The Kier molecular flexibility index (Phi) is 1.54. The van der Waals surface area contributed by atoms with Gasteiger partial charge in [0, 0.05) is 0 Å². The van der Waals surface area contributed by atoms with Crippen LogP contribution in [0.25, 0.3) is 0 Å². The molecule has 0 saturated heterocycles. The summed E-state index contributed by atoms with van der Waals surface area (Å²) in [7, 11) is 0. The highest BCUT2D eigenvalue weighted by molar-refractivity contribution is 7.10. The molecule has 0 aliphatic rings. The van der Waals surface area contributed by atoms with Crippen LogP contribution in [0, 0.1) is 25.2 Å². The fraction of sp³-hybridized carbons (Fsp3) is 0.286. The molecule has 0 bridgehead atoms. The molecule has 46 valence electrons. The smallest absolute Gasteiger partial charge is 0.110 e. The average molecular weight is 137 g/mol. The van der Waals surface area contributed by atoms with Crippen LogP contribution in [0.1, 0.15) is 16.0 Å². The Morgan fingerprint density at radius 2 is 2.22 bits per heavy atom. The van der Waals surface area contributed by atoms with E-state index in [0.29, 0.717) is 0 Å². The SMILES string of the molecule is Cc1csc(C#N)c1C. The Bertz CT molecular complexity index is 254. The summed E-state index contributed by atoms with van der Waals surface area (Å²) >= 11 is 1.52. The lowest BCUT2D eigenvalue weighted by atomic mass is 10.2. The molecule has 0 unspecified atom stereocenters. The second-order valence-corrected chi connectivity index (χ2v) is 2.86. The standard InChI is InChI=1S/C7H7NS/c1-5-4-9-7(3-8)6(5)2/h4H,1-2H3. The summed E-state index contributed by atoms with van der Waals surface area (Å²) in [6.07, 6.45) is 0. The normalized spacial score (nSPS) is 9.00. The highest BCUT2D eigenvalue weighted by atomic mass is 32.1. The van der Waals surface area contributed by atoms with Gasteiger partial charge in [0.15, 0.2) is 0 Å². The number of nitriles is 1. The molecule has 0 aromatic carbocycles. The van der Waals surface area contributed by atoms with Gasteiger partial charge < -0.3 is 0 Å². The van der Waals surface area contributed by atoms with E-state index in [2.05, 4.69) is 6.07 Å². The third-order valence-corrected chi connectivity index (χ3v) is 2.49. The van der Waals surface area contributed by atoms with Crippen LogP contribution >= 0.6 is 11.3 Å². The Morgan fingerprint density at radius 3 is 2.44 bits per heavy atom. The largest absolute Gasteiger partial charge is 0.192 e. The second kappa shape index (κ2) is 2.20. The molecule has 1 heterocycles. The van der Waals surface area contributed by atoms with Crippen LogP contribution < -0.4 is 0 Å². The lowest BCUT2D eigenvalue weighted by Crippen LogP contribution is -1.72. The van der Waals surface area contributed by atoms with Gasteiger partial charge >= 0.3 is 0 Å². The van der Waals surface area contributed by atoms with Crippen molar-refractivity contribution in [1.29, 1.82) is 5.26 Å². The molecular formula is C7H7NS. The fourth-order valence-corrected chi connectivity index (χ4v) is 1.48. The van der Waals surface area contributed by atoms with Crippen molar-refractivity contribution in [2.24, 2.45) is 0 Å². The van der Waals surface area contributed by atoms with Crippen LogP contribution in [0.15, 0.2) is 5.38 Å². The van der Waals surface area contributed by atoms with Gasteiger partial charge in [0.1, 0.15) is 10.9 Å². The van der Waals surface area contributed by atoms with Crippen LogP contribution in [0.5, 0.6) is 0 Å². The number of nitrogens with zero attached hydrogens (tertiary/aromatic N) is 1. The molecule has 0 atom stereocenters. The highest BCUT2D eigenvalue weighted by Crippen LogP contribution is 2.18. The van der Waals surface area contributed by atoms with Gasteiger partial charge in [-0.05, 0) is 30.4 Å². The molecule has 1 aromatic heterocycles. The first kappa shape index (κ1) is 6.31. The van der Waals surface area contributed by atoms with Gasteiger partial charge in [-0.2, -0.15) is 5.26 Å². The van der Waals surface area contributed by atoms with E-state index in [0.717, 1.165) is 10.4 Å². The zero-order chi connectivity index (χ0) is 6.85. The predicted molar refractivity (Wildman–Crippen MR) is 38.5 cm³/mol. The van der Waals surface area contributed by atoms with Gasteiger partial charge in [0.25, 0.3) is 0 Å². The van der Waals surface area contributed by atoms with Crippen LogP contribution in [0.2, 0.25) is 0 Å². The molecule has 9 heavy (non-hydrogen) atoms. The highest BCUT2D eigenvalue weighted by Gasteiger charge is 2.00. The number of hydrogen-bond acceptors (Lipinski definition) is 2. The molecule has 1 nitrogen and oxygen atoms in total. The van der Waals surface area contributed by atoms with Crippen LogP contribution in [0.3, 0.4) is 0 Å². The summed E-state index contributed by atoms with van der Waals surface area (Å²) in [5.41, 5.74) is 2.35. The number of hydrogen-bond donors (Lipinski definition) is 0.